The van der Waals surface area contributed by atoms with E-state index in [-0.39, 0.29) is 23.0 Å². The molecular weight excluding hydrogens is 316 g/mol. The van der Waals surface area contributed by atoms with Crippen molar-refractivity contribution in [1.82, 2.24) is 0 Å². The summed E-state index contributed by atoms with van der Waals surface area (Å²) >= 11 is 0. The summed E-state index contributed by atoms with van der Waals surface area (Å²) in [5.41, 5.74) is -0.0653. The number of hydrogen-bond acceptors (Lipinski definition) is 4. The van der Waals surface area contributed by atoms with Crippen molar-refractivity contribution < 1.29 is 19.8 Å². The van der Waals surface area contributed by atoms with Crippen LogP contribution in [0.2, 0.25) is 0 Å². The molecule has 0 radical (unpaired) electrons. The first-order chi connectivity index (χ1) is 11.8. The molecule has 2 N–H and O–H groups in total. The SMILES string of the molecule is C[C@]12C=CC(=O)C=C1C=C[C@@H]1C2=CC[C@@]2(C)[C@H]1CC[C@]2(O)C(=O)CO. The Bertz CT molecular complexity index is 786. The lowest BCUT2D eigenvalue weighted by atomic mass is 9.53. The molecule has 4 aliphatic rings. The minimum Gasteiger partial charge on any atom is -0.388 e. The van der Waals surface area contributed by atoms with Crippen LogP contribution in [0.1, 0.15) is 33.1 Å². The molecule has 25 heavy (non-hydrogen) atoms. The average molecular weight is 340 g/mol. The van der Waals surface area contributed by atoms with E-state index in [2.05, 4.69) is 19.1 Å². The maximum Gasteiger partial charge on any atom is 0.190 e. The van der Waals surface area contributed by atoms with Crippen LogP contribution in [0.3, 0.4) is 0 Å². The van der Waals surface area contributed by atoms with E-state index in [1.165, 1.54) is 5.57 Å². The van der Waals surface area contributed by atoms with Crippen molar-refractivity contribution in [3.63, 3.8) is 0 Å². The number of aliphatic hydroxyl groups is 2. The third-order valence-electron chi connectivity index (χ3n) is 7.29. The van der Waals surface area contributed by atoms with E-state index < -0.39 is 23.4 Å². The van der Waals surface area contributed by atoms with Gasteiger partial charge in [0.05, 0.1) is 0 Å². The van der Waals surface area contributed by atoms with Crippen LogP contribution in [0.4, 0.5) is 0 Å². The second kappa shape index (κ2) is 5.12. The van der Waals surface area contributed by atoms with E-state index in [1.807, 2.05) is 19.1 Å². The fraction of sp³-hybridized carbons (Fsp3) is 0.524. The first kappa shape index (κ1) is 16.7. The van der Waals surface area contributed by atoms with Crippen LogP contribution in [-0.4, -0.2) is 34.0 Å². The molecule has 0 spiro atoms. The predicted molar refractivity (Wildman–Crippen MR) is 93.5 cm³/mol. The Kier molecular flexibility index (Phi) is 3.41. The van der Waals surface area contributed by atoms with Gasteiger partial charge in [-0.05, 0) is 49.8 Å². The molecule has 0 saturated heterocycles. The Balaban J connectivity index is 1.80. The largest absolute Gasteiger partial charge is 0.388 e. The molecule has 1 fully saturated rings. The molecule has 1 saturated carbocycles. The van der Waals surface area contributed by atoms with Crippen LogP contribution < -0.4 is 0 Å². The molecule has 0 amide bonds. The number of rotatable bonds is 2. The Morgan fingerprint density at radius 2 is 2.08 bits per heavy atom. The smallest absolute Gasteiger partial charge is 0.190 e. The van der Waals surface area contributed by atoms with Crippen molar-refractivity contribution in [1.29, 1.82) is 0 Å². The Hall–Kier alpha value is -1.78. The molecule has 5 atom stereocenters. The van der Waals surface area contributed by atoms with E-state index in [4.69, 9.17) is 0 Å². The van der Waals surface area contributed by atoms with Crippen LogP contribution in [0.5, 0.6) is 0 Å². The van der Waals surface area contributed by atoms with Gasteiger partial charge in [0.25, 0.3) is 0 Å². The van der Waals surface area contributed by atoms with E-state index in [0.29, 0.717) is 12.8 Å². The Morgan fingerprint density at radius 3 is 2.80 bits per heavy atom. The van der Waals surface area contributed by atoms with E-state index in [1.54, 1.807) is 12.2 Å². The first-order valence-corrected chi connectivity index (χ1v) is 8.97. The third kappa shape index (κ3) is 1.95. The number of hydrogen-bond donors (Lipinski definition) is 2. The summed E-state index contributed by atoms with van der Waals surface area (Å²) in [4.78, 5) is 24.0. The maximum absolute atomic E-state index is 12.3. The second-order valence-electron chi connectivity index (χ2n) is 8.29. The Labute approximate surface area is 147 Å². The molecule has 0 aromatic rings. The monoisotopic (exact) mass is 340 g/mol. The molecule has 4 heteroatoms. The lowest BCUT2D eigenvalue weighted by Crippen LogP contribution is -2.55. The van der Waals surface area contributed by atoms with Crippen molar-refractivity contribution in [3.05, 3.63) is 47.6 Å². The van der Waals surface area contributed by atoms with Crippen LogP contribution >= 0.6 is 0 Å². The molecular formula is C21H24O4. The zero-order chi connectivity index (χ0) is 18.0. The average Bonchev–Trinajstić information content (AvgIpc) is 2.87. The molecule has 4 rings (SSSR count). The van der Waals surface area contributed by atoms with Gasteiger partial charge in [-0.2, -0.15) is 0 Å². The highest BCUT2D eigenvalue weighted by Crippen LogP contribution is 2.63. The second-order valence-corrected chi connectivity index (χ2v) is 8.29. The van der Waals surface area contributed by atoms with Gasteiger partial charge in [0.1, 0.15) is 12.2 Å². The zero-order valence-corrected chi connectivity index (χ0v) is 14.7. The van der Waals surface area contributed by atoms with E-state index in [9.17, 15) is 19.8 Å². The summed E-state index contributed by atoms with van der Waals surface area (Å²) in [5, 5.41) is 20.4. The molecule has 132 valence electrons. The van der Waals surface area contributed by atoms with Gasteiger partial charge in [-0.1, -0.05) is 36.8 Å². The van der Waals surface area contributed by atoms with Crippen molar-refractivity contribution in [2.45, 2.75) is 38.7 Å². The first-order valence-electron chi connectivity index (χ1n) is 8.97. The molecule has 4 aliphatic carbocycles. The highest BCUT2D eigenvalue weighted by molar-refractivity contribution is 6.02. The van der Waals surface area contributed by atoms with Gasteiger partial charge < -0.3 is 10.2 Å². The summed E-state index contributed by atoms with van der Waals surface area (Å²) in [6, 6.07) is 0. The highest BCUT2D eigenvalue weighted by Gasteiger charge is 2.63. The number of aliphatic hydroxyl groups excluding tert-OH is 1. The van der Waals surface area contributed by atoms with E-state index in [0.717, 1.165) is 12.0 Å². The molecule has 0 aliphatic heterocycles. The van der Waals surface area contributed by atoms with Gasteiger partial charge in [0.15, 0.2) is 11.6 Å². The summed E-state index contributed by atoms with van der Waals surface area (Å²) in [6.07, 6.45) is 13.4. The molecule has 0 heterocycles. The number of fused-ring (bicyclic) bond motifs is 5. The number of carbonyl (C=O) groups excluding carboxylic acids is 2. The van der Waals surface area contributed by atoms with Gasteiger partial charge in [0, 0.05) is 16.7 Å². The van der Waals surface area contributed by atoms with Crippen LogP contribution in [0, 0.1) is 22.7 Å². The van der Waals surface area contributed by atoms with Gasteiger partial charge in [0.2, 0.25) is 0 Å². The normalized spacial score (nSPS) is 44.6. The van der Waals surface area contributed by atoms with E-state index >= 15 is 0 Å². The molecule has 0 aromatic heterocycles. The number of Topliss-reactive ketones (excluding diaryl/α,β-unsaturated/α-hetero) is 1. The standard InChI is InChI=1S/C21H24O4/c1-19-8-5-14(23)11-13(19)3-4-15-16(19)6-9-20(2)17(15)7-10-21(20,25)18(24)12-22/h3-6,8,11,15,17,22,25H,7,9-10,12H2,1-2H3/t15-,17+,19+,20+,21+/m1/s1. The number of allylic oxidation sites excluding steroid dienone is 8. The maximum atomic E-state index is 12.3. The molecule has 0 aromatic carbocycles. The van der Waals surface area contributed by atoms with Gasteiger partial charge >= 0.3 is 0 Å². The molecule has 4 nitrogen and oxygen atoms in total. The minimum atomic E-state index is -1.46. The number of ketones is 2. The van der Waals surface area contributed by atoms with Crippen molar-refractivity contribution in [2.24, 2.45) is 22.7 Å². The summed E-state index contributed by atoms with van der Waals surface area (Å²) in [5.74, 6) is -0.169. The Morgan fingerprint density at radius 1 is 1.32 bits per heavy atom. The summed E-state index contributed by atoms with van der Waals surface area (Å²) in [6.45, 7) is 3.49. The fourth-order valence-corrected chi connectivity index (χ4v) is 5.62. The quantitative estimate of drug-likeness (QED) is 0.756. The van der Waals surface area contributed by atoms with Crippen molar-refractivity contribution >= 4 is 11.6 Å². The summed E-state index contributed by atoms with van der Waals surface area (Å²) < 4.78 is 0. The molecule has 0 unspecified atom stereocenters. The molecule has 0 bridgehead atoms. The lowest BCUT2D eigenvalue weighted by Gasteiger charge is -2.51. The summed E-state index contributed by atoms with van der Waals surface area (Å²) in [7, 11) is 0. The van der Waals surface area contributed by atoms with Crippen molar-refractivity contribution in [2.75, 3.05) is 6.61 Å². The number of carbonyl (C=O) groups is 2. The highest BCUT2D eigenvalue weighted by atomic mass is 16.3. The topological polar surface area (TPSA) is 74.6 Å². The third-order valence-corrected chi connectivity index (χ3v) is 7.29. The fourth-order valence-electron chi connectivity index (χ4n) is 5.62. The van der Waals surface area contributed by atoms with Gasteiger partial charge in [-0.15, -0.1) is 0 Å². The zero-order valence-electron chi connectivity index (χ0n) is 14.7. The van der Waals surface area contributed by atoms with Crippen LogP contribution in [-0.2, 0) is 9.59 Å². The van der Waals surface area contributed by atoms with Crippen LogP contribution in [0.25, 0.3) is 0 Å². The van der Waals surface area contributed by atoms with Gasteiger partial charge in [-0.25, -0.2) is 0 Å². The lowest BCUT2D eigenvalue weighted by molar-refractivity contribution is -0.155. The van der Waals surface area contributed by atoms with Gasteiger partial charge in [-0.3, -0.25) is 9.59 Å². The van der Waals surface area contributed by atoms with Crippen molar-refractivity contribution in [3.8, 4) is 0 Å². The van der Waals surface area contributed by atoms with Crippen LogP contribution in [0.15, 0.2) is 47.6 Å². The minimum absolute atomic E-state index is 0.0145. The predicted octanol–water partition coefficient (Wildman–Crippen LogP) is 2.28.